The summed E-state index contributed by atoms with van der Waals surface area (Å²) in [6, 6.07) is 20.3. The number of carbonyl (C=O) groups is 1. The Morgan fingerprint density at radius 2 is 1.81 bits per heavy atom. The van der Waals surface area contributed by atoms with Crippen molar-refractivity contribution in [3.05, 3.63) is 71.3 Å². The van der Waals surface area contributed by atoms with E-state index >= 15 is 0 Å². The van der Waals surface area contributed by atoms with Crippen molar-refractivity contribution in [3.8, 4) is 11.1 Å². The molecule has 0 fully saturated rings. The van der Waals surface area contributed by atoms with Crippen molar-refractivity contribution in [2.45, 2.75) is 53.1 Å². The molecule has 140 valence electrons. The largest absolute Gasteiger partial charge is 0.310 e. The van der Waals surface area contributed by atoms with Crippen LogP contribution in [0.2, 0.25) is 0 Å². The Labute approximate surface area is 162 Å². The van der Waals surface area contributed by atoms with E-state index in [1.807, 2.05) is 0 Å². The van der Waals surface area contributed by atoms with Gasteiger partial charge in [0.05, 0.1) is 0 Å². The molecule has 0 unspecified atom stereocenters. The predicted molar refractivity (Wildman–Crippen MR) is 115 cm³/mol. The van der Waals surface area contributed by atoms with Gasteiger partial charge in [0, 0.05) is 19.0 Å². The summed E-state index contributed by atoms with van der Waals surface area (Å²) < 4.78 is 0. The van der Waals surface area contributed by atoms with E-state index in [1.165, 1.54) is 38.6 Å². The zero-order chi connectivity index (χ0) is 19.4. The van der Waals surface area contributed by atoms with Crippen LogP contribution in [-0.2, 0) is 17.8 Å². The lowest BCUT2D eigenvalue weighted by molar-refractivity contribution is -0.116. The average molecular weight is 360 g/mol. The molecule has 3 aromatic rings. The molecule has 0 heterocycles. The van der Waals surface area contributed by atoms with Crippen molar-refractivity contribution in [2.24, 2.45) is 0 Å². The van der Waals surface area contributed by atoms with Crippen LogP contribution in [0.3, 0.4) is 0 Å². The fourth-order valence-corrected chi connectivity index (χ4v) is 3.45. The molecule has 1 N–H and O–H groups in total. The monoisotopic (exact) mass is 359 g/mol. The number of carbonyl (C=O) groups excluding carboxylic acids is 1. The number of nitrogens with one attached hydrogen (secondary N) is 1. The molecule has 0 aliphatic carbocycles. The van der Waals surface area contributed by atoms with Crippen LogP contribution in [0.1, 0.15) is 43.9 Å². The minimum absolute atomic E-state index is 0.243. The maximum atomic E-state index is 11.4. The zero-order valence-electron chi connectivity index (χ0n) is 16.8. The lowest BCUT2D eigenvalue weighted by Crippen LogP contribution is -2.21. The summed E-state index contributed by atoms with van der Waals surface area (Å²) in [6.45, 7) is 8.99. The Kier molecular flexibility index (Phi) is 6.08. The van der Waals surface area contributed by atoms with E-state index in [2.05, 4.69) is 80.7 Å². The molecule has 0 aliphatic heterocycles. The molecule has 0 saturated carbocycles. The molecule has 27 heavy (non-hydrogen) atoms. The number of aryl methyl sites for hydroxylation is 2. The van der Waals surface area contributed by atoms with Crippen LogP contribution >= 0.6 is 0 Å². The molecule has 2 heteroatoms. The third-order valence-electron chi connectivity index (χ3n) is 5.04. The molecule has 0 bridgehead atoms. The van der Waals surface area contributed by atoms with E-state index in [0.29, 0.717) is 12.5 Å². The first-order valence-electron chi connectivity index (χ1n) is 9.78. The molecular weight excluding hydrogens is 330 g/mol. The third-order valence-corrected chi connectivity index (χ3v) is 5.04. The lowest BCUT2D eigenvalue weighted by atomic mass is 9.92. The molecule has 0 spiro atoms. The number of benzene rings is 3. The van der Waals surface area contributed by atoms with Gasteiger partial charge in [0.15, 0.2) is 0 Å². The van der Waals surface area contributed by atoms with Crippen molar-refractivity contribution in [1.82, 2.24) is 5.32 Å². The van der Waals surface area contributed by atoms with Crippen molar-refractivity contribution in [1.29, 1.82) is 0 Å². The molecule has 2 nitrogen and oxygen atoms in total. The number of hydrogen-bond donors (Lipinski definition) is 1. The zero-order valence-corrected chi connectivity index (χ0v) is 16.8. The first-order chi connectivity index (χ1) is 12.9. The summed E-state index contributed by atoms with van der Waals surface area (Å²) >= 11 is 0. The molecule has 0 atom stereocenters. The highest BCUT2D eigenvalue weighted by molar-refractivity contribution is 5.97. The molecule has 0 amide bonds. The van der Waals surface area contributed by atoms with Crippen molar-refractivity contribution < 1.29 is 4.79 Å². The summed E-state index contributed by atoms with van der Waals surface area (Å²) in [4.78, 5) is 11.4. The fraction of sp³-hybridized carbons (Fsp3) is 0.320. The standard InChI is InChI=1S/C25H29NO/c1-17(2)26-16-20-13-22-7-5-6-8-24(22)25(14-20)23-11-9-18(3)21(15-23)12-10-19(4)27/h5-9,11,13-15,17,26H,10,12,16H2,1-4H3. The first kappa shape index (κ1) is 19.3. The SMILES string of the molecule is CC(=O)CCc1cc(-c2cc(CNC(C)C)cc3ccccc23)ccc1C. The number of Topliss-reactive ketones (excluding diaryl/α,β-unsaturated/α-hetero) is 1. The van der Waals surface area contributed by atoms with Crippen LogP contribution in [0.25, 0.3) is 21.9 Å². The molecule has 3 rings (SSSR count). The number of ketones is 1. The first-order valence-corrected chi connectivity index (χ1v) is 9.78. The van der Waals surface area contributed by atoms with E-state index in [0.717, 1.165) is 13.0 Å². The van der Waals surface area contributed by atoms with E-state index in [9.17, 15) is 4.79 Å². The topological polar surface area (TPSA) is 29.1 Å². The van der Waals surface area contributed by atoms with Gasteiger partial charge in [-0.2, -0.15) is 0 Å². The van der Waals surface area contributed by atoms with E-state index in [4.69, 9.17) is 0 Å². The maximum Gasteiger partial charge on any atom is 0.130 e. The average Bonchev–Trinajstić information content (AvgIpc) is 2.65. The second-order valence-electron chi connectivity index (χ2n) is 7.74. The molecule has 3 aromatic carbocycles. The summed E-state index contributed by atoms with van der Waals surface area (Å²) in [6.07, 6.45) is 1.41. The Bertz CT molecular complexity index is 956. The third kappa shape index (κ3) is 4.84. The van der Waals surface area contributed by atoms with Crippen LogP contribution < -0.4 is 5.32 Å². The number of fused-ring (bicyclic) bond motifs is 1. The number of hydrogen-bond acceptors (Lipinski definition) is 2. The predicted octanol–water partition coefficient (Wildman–Crippen LogP) is 5.83. The second kappa shape index (κ2) is 8.49. The minimum atomic E-state index is 0.243. The summed E-state index contributed by atoms with van der Waals surface area (Å²) in [5.41, 5.74) is 6.29. The van der Waals surface area contributed by atoms with Gasteiger partial charge in [-0.15, -0.1) is 0 Å². The number of rotatable bonds is 7. The Balaban J connectivity index is 2.06. The maximum absolute atomic E-state index is 11.4. The van der Waals surface area contributed by atoms with E-state index in [-0.39, 0.29) is 5.78 Å². The minimum Gasteiger partial charge on any atom is -0.310 e. The summed E-state index contributed by atoms with van der Waals surface area (Å²) in [5, 5.41) is 6.06. The van der Waals surface area contributed by atoms with Crippen molar-refractivity contribution >= 4 is 16.6 Å². The quantitative estimate of drug-likeness (QED) is 0.574. The van der Waals surface area contributed by atoms with Crippen LogP contribution in [0.15, 0.2) is 54.6 Å². The molecule has 0 radical (unpaired) electrons. The van der Waals surface area contributed by atoms with Crippen LogP contribution in [-0.4, -0.2) is 11.8 Å². The Morgan fingerprint density at radius 3 is 2.56 bits per heavy atom. The second-order valence-corrected chi connectivity index (χ2v) is 7.74. The van der Waals surface area contributed by atoms with Gasteiger partial charge < -0.3 is 10.1 Å². The van der Waals surface area contributed by atoms with Gasteiger partial charge in [-0.25, -0.2) is 0 Å². The Hall–Kier alpha value is -2.45. The molecular formula is C25H29NO. The van der Waals surface area contributed by atoms with Gasteiger partial charge in [-0.1, -0.05) is 56.3 Å². The summed E-state index contributed by atoms with van der Waals surface area (Å²) in [7, 11) is 0. The van der Waals surface area contributed by atoms with Gasteiger partial charge in [-0.05, 0) is 71.0 Å². The van der Waals surface area contributed by atoms with Crippen molar-refractivity contribution in [3.63, 3.8) is 0 Å². The van der Waals surface area contributed by atoms with E-state index in [1.54, 1.807) is 6.92 Å². The molecule has 0 saturated heterocycles. The van der Waals surface area contributed by atoms with Gasteiger partial charge in [0.2, 0.25) is 0 Å². The summed E-state index contributed by atoms with van der Waals surface area (Å²) in [5.74, 6) is 0.243. The van der Waals surface area contributed by atoms with Crippen molar-refractivity contribution in [2.75, 3.05) is 0 Å². The highest BCUT2D eigenvalue weighted by Crippen LogP contribution is 2.32. The van der Waals surface area contributed by atoms with Gasteiger partial charge in [0.25, 0.3) is 0 Å². The molecule has 0 aromatic heterocycles. The molecule has 0 aliphatic rings. The fourth-order valence-electron chi connectivity index (χ4n) is 3.45. The van der Waals surface area contributed by atoms with Gasteiger partial charge in [-0.3, -0.25) is 0 Å². The van der Waals surface area contributed by atoms with Gasteiger partial charge in [0.1, 0.15) is 5.78 Å². The van der Waals surface area contributed by atoms with Gasteiger partial charge >= 0.3 is 0 Å². The van der Waals surface area contributed by atoms with Crippen LogP contribution in [0.4, 0.5) is 0 Å². The smallest absolute Gasteiger partial charge is 0.130 e. The van der Waals surface area contributed by atoms with Crippen LogP contribution in [0, 0.1) is 6.92 Å². The normalized spacial score (nSPS) is 11.3. The highest BCUT2D eigenvalue weighted by Gasteiger charge is 2.09. The van der Waals surface area contributed by atoms with Crippen LogP contribution in [0.5, 0.6) is 0 Å². The lowest BCUT2D eigenvalue weighted by Gasteiger charge is -2.14. The van der Waals surface area contributed by atoms with E-state index < -0.39 is 0 Å². The Morgan fingerprint density at radius 1 is 1.04 bits per heavy atom. The highest BCUT2D eigenvalue weighted by atomic mass is 16.1.